The molecule has 0 heterocycles. The molecule has 8 heteroatoms. The van der Waals surface area contributed by atoms with Gasteiger partial charge in [0.15, 0.2) is 0 Å². The summed E-state index contributed by atoms with van der Waals surface area (Å²) in [6.45, 7) is 0. The summed E-state index contributed by atoms with van der Waals surface area (Å²) in [6.07, 6.45) is 1.23. The average Bonchev–Trinajstić information content (AvgIpc) is 2.55. The fourth-order valence-corrected chi connectivity index (χ4v) is 2.04. The maximum atomic E-state index is 12.2. The van der Waals surface area contributed by atoms with Crippen LogP contribution in [0, 0.1) is 21.4 Å². The van der Waals surface area contributed by atoms with E-state index in [9.17, 15) is 20.0 Å². The van der Waals surface area contributed by atoms with Crippen molar-refractivity contribution < 1.29 is 14.8 Å². The second kappa shape index (κ2) is 7.26. The number of rotatable bonds is 4. The van der Waals surface area contributed by atoms with Crippen LogP contribution in [-0.4, -0.2) is 15.9 Å². The summed E-state index contributed by atoms with van der Waals surface area (Å²) >= 11 is 5.89. The number of non-ortho nitro benzene ring substituents is 1. The number of carbonyl (C=O) groups is 1. The zero-order valence-electron chi connectivity index (χ0n) is 12.1. The summed E-state index contributed by atoms with van der Waals surface area (Å²) in [6, 6.07) is 11.5. The molecule has 0 unspecified atom stereocenters. The number of phenols is 1. The first kappa shape index (κ1) is 17.0. The third kappa shape index (κ3) is 3.88. The Balaban J connectivity index is 2.26. The van der Waals surface area contributed by atoms with Crippen molar-refractivity contribution in [3.8, 4) is 11.8 Å². The normalized spacial score (nSPS) is 10.8. The number of hydrogen-bond donors (Lipinski definition) is 2. The van der Waals surface area contributed by atoms with Crippen molar-refractivity contribution in [2.24, 2.45) is 0 Å². The van der Waals surface area contributed by atoms with E-state index in [4.69, 9.17) is 16.9 Å². The van der Waals surface area contributed by atoms with Gasteiger partial charge in [-0.25, -0.2) is 0 Å². The van der Waals surface area contributed by atoms with Gasteiger partial charge in [0.25, 0.3) is 11.6 Å². The zero-order valence-corrected chi connectivity index (χ0v) is 12.8. The molecular weight excluding hydrogens is 334 g/mol. The molecule has 0 radical (unpaired) electrons. The Hall–Kier alpha value is -3.37. The Bertz CT molecular complexity index is 887. The van der Waals surface area contributed by atoms with Crippen molar-refractivity contribution >= 4 is 35.0 Å². The Labute approximate surface area is 141 Å². The van der Waals surface area contributed by atoms with Gasteiger partial charge in [-0.2, -0.15) is 5.26 Å². The van der Waals surface area contributed by atoms with Crippen LogP contribution in [0.25, 0.3) is 6.08 Å². The Morgan fingerprint density at radius 3 is 2.62 bits per heavy atom. The predicted molar refractivity (Wildman–Crippen MR) is 88.4 cm³/mol. The molecule has 0 saturated heterocycles. The number of para-hydroxylation sites is 1. The van der Waals surface area contributed by atoms with E-state index in [0.29, 0.717) is 5.56 Å². The van der Waals surface area contributed by atoms with Gasteiger partial charge in [0.2, 0.25) is 0 Å². The number of carbonyl (C=O) groups excluding carboxylic acids is 1. The second-order valence-electron chi connectivity index (χ2n) is 4.60. The third-order valence-electron chi connectivity index (χ3n) is 3.01. The van der Waals surface area contributed by atoms with Crippen molar-refractivity contribution in [3.63, 3.8) is 0 Å². The van der Waals surface area contributed by atoms with Crippen molar-refractivity contribution in [2.45, 2.75) is 0 Å². The molecule has 0 atom stereocenters. The molecule has 0 aliphatic heterocycles. The molecule has 0 aromatic heterocycles. The number of nitrogens with zero attached hydrogens (tertiary/aromatic N) is 2. The number of nitriles is 1. The number of halogens is 1. The molecule has 0 fully saturated rings. The summed E-state index contributed by atoms with van der Waals surface area (Å²) in [5, 5.41) is 31.8. The van der Waals surface area contributed by atoms with Gasteiger partial charge < -0.3 is 10.4 Å². The fourth-order valence-electron chi connectivity index (χ4n) is 1.82. The number of benzene rings is 2. The van der Waals surface area contributed by atoms with E-state index in [1.54, 1.807) is 24.3 Å². The van der Waals surface area contributed by atoms with Gasteiger partial charge in [0.1, 0.15) is 17.4 Å². The predicted octanol–water partition coefficient (Wildman–Crippen LogP) is 3.50. The summed E-state index contributed by atoms with van der Waals surface area (Å²) in [7, 11) is 0. The monoisotopic (exact) mass is 343 g/mol. The molecule has 2 aromatic carbocycles. The van der Waals surface area contributed by atoms with Crippen LogP contribution < -0.4 is 5.32 Å². The Morgan fingerprint density at radius 2 is 2.04 bits per heavy atom. The first-order valence-electron chi connectivity index (χ1n) is 6.57. The third-order valence-corrected chi connectivity index (χ3v) is 3.33. The van der Waals surface area contributed by atoms with Crippen LogP contribution in [0.3, 0.4) is 0 Å². The minimum atomic E-state index is -0.753. The van der Waals surface area contributed by atoms with E-state index in [1.807, 2.05) is 0 Å². The average molecular weight is 344 g/mol. The summed E-state index contributed by atoms with van der Waals surface area (Å²) in [4.78, 5) is 22.2. The molecule has 0 spiro atoms. The van der Waals surface area contributed by atoms with Gasteiger partial charge >= 0.3 is 0 Å². The van der Waals surface area contributed by atoms with E-state index in [0.717, 1.165) is 6.07 Å². The second-order valence-corrected chi connectivity index (χ2v) is 5.01. The van der Waals surface area contributed by atoms with Crippen molar-refractivity contribution in [2.75, 3.05) is 5.32 Å². The molecule has 0 bridgehead atoms. The van der Waals surface area contributed by atoms with Crippen LogP contribution in [-0.2, 0) is 4.79 Å². The smallest absolute Gasteiger partial charge is 0.271 e. The lowest BCUT2D eigenvalue weighted by Gasteiger charge is -2.06. The molecule has 0 aliphatic carbocycles. The molecule has 2 rings (SSSR count). The van der Waals surface area contributed by atoms with Gasteiger partial charge in [-0.15, -0.1) is 0 Å². The fraction of sp³-hybridized carbons (Fsp3) is 0. The first-order valence-corrected chi connectivity index (χ1v) is 6.95. The molecular formula is C16H10ClN3O4. The lowest BCUT2D eigenvalue weighted by molar-refractivity contribution is -0.384. The van der Waals surface area contributed by atoms with Crippen LogP contribution in [0.4, 0.5) is 11.4 Å². The summed E-state index contributed by atoms with van der Waals surface area (Å²) in [5.74, 6) is -0.831. The molecule has 2 aromatic rings. The largest absolute Gasteiger partial charge is 0.507 e. The molecule has 1 amide bonds. The van der Waals surface area contributed by atoms with Crippen LogP contribution in [0.5, 0.6) is 5.75 Å². The Kier molecular flexibility index (Phi) is 5.14. The van der Waals surface area contributed by atoms with Gasteiger partial charge in [-0.05, 0) is 18.2 Å². The molecule has 0 saturated carbocycles. The van der Waals surface area contributed by atoms with Gasteiger partial charge in [-0.3, -0.25) is 14.9 Å². The van der Waals surface area contributed by atoms with E-state index < -0.39 is 10.8 Å². The van der Waals surface area contributed by atoms with Crippen LogP contribution in [0.15, 0.2) is 48.0 Å². The van der Waals surface area contributed by atoms with Crippen molar-refractivity contribution in [1.29, 1.82) is 5.26 Å². The SMILES string of the molecule is N#C/C(=C\c1ccccc1O)C(=O)Nc1ccc([N+](=O)[O-])cc1Cl. The number of hydrogen-bond acceptors (Lipinski definition) is 5. The number of nitro benzene ring substituents is 1. The van der Waals surface area contributed by atoms with Gasteiger partial charge in [-0.1, -0.05) is 29.8 Å². The van der Waals surface area contributed by atoms with Gasteiger partial charge in [0.05, 0.1) is 15.6 Å². The lowest BCUT2D eigenvalue weighted by atomic mass is 10.1. The van der Waals surface area contributed by atoms with E-state index in [1.165, 1.54) is 24.3 Å². The maximum absolute atomic E-state index is 12.2. The first-order chi connectivity index (χ1) is 11.4. The molecule has 120 valence electrons. The minimum Gasteiger partial charge on any atom is -0.507 e. The zero-order chi connectivity index (χ0) is 17.7. The lowest BCUT2D eigenvalue weighted by Crippen LogP contribution is -2.13. The number of phenolic OH excluding ortho intramolecular Hbond substituents is 1. The number of amides is 1. The molecule has 0 aliphatic rings. The maximum Gasteiger partial charge on any atom is 0.271 e. The highest BCUT2D eigenvalue weighted by Crippen LogP contribution is 2.27. The molecule has 2 N–H and O–H groups in total. The topological polar surface area (TPSA) is 116 Å². The quantitative estimate of drug-likeness (QED) is 0.381. The van der Waals surface area contributed by atoms with E-state index >= 15 is 0 Å². The molecule has 24 heavy (non-hydrogen) atoms. The highest BCUT2D eigenvalue weighted by atomic mass is 35.5. The number of nitrogens with one attached hydrogen (secondary N) is 1. The van der Waals surface area contributed by atoms with Crippen LogP contribution in [0.2, 0.25) is 5.02 Å². The van der Waals surface area contributed by atoms with Crippen molar-refractivity contribution in [1.82, 2.24) is 0 Å². The minimum absolute atomic E-state index is 0.0302. The molecule has 7 nitrogen and oxygen atoms in total. The van der Waals surface area contributed by atoms with Crippen LogP contribution in [0.1, 0.15) is 5.56 Å². The Morgan fingerprint density at radius 1 is 1.33 bits per heavy atom. The van der Waals surface area contributed by atoms with Crippen LogP contribution >= 0.6 is 11.6 Å². The number of aromatic hydroxyl groups is 1. The van der Waals surface area contributed by atoms with Gasteiger partial charge in [0, 0.05) is 17.7 Å². The number of nitro groups is 1. The number of anilines is 1. The van der Waals surface area contributed by atoms with E-state index in [-0.39, 0.29) is 27.7 Å². The highest BCUT2D eigenvalue weighted by molar-refractivity contribution is 6.34. The summed E-state index contributed by atoms with van der Waals surface area (Å²) in [5.41, 5.74) is -0.0427. The highest BCUT2D eigenvalue weighted by Gasteiger charge is 2.14. The van der Waals surface area contributed by atoms with Crippen molar-refractivity contribution in [3.05, 3.63) is 68.7 Å². The van der Waals surface area contributed by atoms with E-state index in [2.05, 4.69) is 5.32 Å². The summed E-state index contributed by atoms with van der Waals surface area (Å²) < 4.78 is 0. The standard InChI is InChI=1S/C16H10ClN3O4/c17-13-8-12(20(23)24)5-6-14(13)19-16(22)11(9-18)7-10-3-1-2-4-15(10)21/h1-8,21H,(H,19,22)/b11-7+.